The van der Waals surface area contributed by atoms with E-state index in [9.17, 15) is 0 Å². The molecular formula is C17H19NO. The first-order valence-electron chi connectivity index (χ1n) is 6.76. The van der Waals surface area contributed by atoms with Crippen molar-refractivity contribution < 1.29 is 4.74 Å². The molecule has 0 bridgehead atoms. The summed E-state index contributed by atoms with van der Waals surface area (Å²) in [5, 5.41) is 0. The molecule has 0 saturated heterocycles. The molecule has 1 atom stereocenters. The van der Waals surface area contributed by atoms with E-state index in [-0.39, 0.29) is 6.10 Å². The second-order valence-corrected chi connectivity index (χ2v) is 5.22. The third-order valence-corrected chi connectivity index (χ3v) is 3.99. The van der Waals surface area contributed by atoms with Gasteiger partial charge in [-0.1, -0.05) is 36.4 Å². The summed E-state index contributed by atoms with van der Waals surface area (Å²) in [5.74, 6) is 1.02. The van der Waals surface area contributed by atoms with Crippen molar-refractivity contribution in [2.75, 3.05) is 6.54 Å². The molecule has 0 aliphatic carbocycles. The Morgan fingerprint density at radius 2 is 1.84 bits per heavy atom. The van der Waals surface area contributed by atoms with E-state index in [1.807, 2.05) is 0 Å². The molecule has 19 heavy (non-hydrogen) atoms. The van der Waals surface area contributed by atoms with Crippen LogP contribution in [-0.4, -0.2) is 12.6 Å². The van der Waals surface area contributed by atoms with Crippen molar-refractivity contribution in [3.8, 4) is 16.9 Å². The van der Waals surface area contributed by atoms with Crippen LogP contribution >= 0.6 is 0 Å². The van der Waals surface area contributed by atoms with Crippen LogP contribution in [0, 0.1) is 13.8 Å². The molecule has 3 rings (SSSR count). The van der Waals surface area contributed by atoms with Crippen molar-refractivity contribution in [3.63, 3.8) is 0 Å². The number of hydrogen-bond acceptors (Lipinski definition) is 2. The van der Waals surface area contributed by atoms with Crippen LogP contribution in [0.25, 0.3) is 11.1 Å². The van der Waals surface area contributed by atoms with Crippen LogP contribution < -0.4 is 10.5 Å². The van der Waals surface area contributed by atoms with Gasteiger partial charge in [0.2, 0.25) is 0 Å². The van der Waals surface area contributed by atoms with Gasteiger partial charge in [0.15, 0.2) is 0 Å². The minimum atomic E-state index is 0.126. The molecule has 1 unspecified atom stereocenters. The number of fused-ring (bicyclic) bond motifs is 1. The number of hydrogen-bond donors (Lipinski definition) is 1. The molecular weight excluding hydrogens is 234 g/mol. The highest BCUT2D eigenvalue weighted by molar-refractivity contribution is 5.76. The highest BCUT2D eigenvalue weighted by Crippen LogP contribution is 2.40. The van der Waals surface area contributed by atoms with Gasteiger partial charge in [-0.2, -0.15) is 0 Å². The van der Waals surface area contributed by atoms with Crippen LogP contribution in [-0.2, 0) is 6.42 Å². The molecule has 0 aromatic heterocycles. The van der Waals surface area contributed by atoms with Gasteiger partial charge in [0.25, 0.3) is 0 Å². The molecule has 0 fully saturated rings. The molecule has 1 heterocycles. The molecule has 2 heteroatoms. The molecule has 1 aliphatic rings. The van der Waals surface area contributed by atoms with Crippen molar-refractivity contribution in [1.82, 2.24) is 0 Å². The van der Waals surface area contributed by atoms with Gasteiger partial charge in [-0.3, -0.25) is 0 Å². The number of aryl methyl sites for hydroxylation is 1. The predicted molar refractivity (Wildman–Crippen MR) is 78.5 cm³/mol. The second-order valence-electron chi connectivity index (χ2n) is 5.22. The van der Waals surface area contributed by atoms with E-state index in [1.165, 1.54) is 27.8 Å². The molecule has 0 radical (unpaired) electrons. The van der Waals surface area contributed by atoms with Gasteiger partial charge in [-0.05, 0) is 36.1 Å². The minimum Gasteiger partial charge on any atom is -0.488 e. The van der Waals surface area contributed by atoms with Crippen LogP contribution in [0.3, 0.4) is 0 Å². The lowest BCUT2D eigenvalue weighted by Gasteiger charge is -2.13. The Morgan fingerprint density at radius 1 is 1.11 bits per heavy atom. The molecule has 2 N–H and O–H groups in total. The Labute approximate surface area is 114 Å². The normalized spacial score (nSPS) is 17.1. The van der Waals surface area contributed by atoms with Crippen molar-refractivity contribution in [2.24, 2.45) is 5.73 Å². The fraction of sp³-hybridized carbons (Fsp3) is 0.294. The van der Waals surface area contributed by atoms with Crippen LogP contribution in [0.1, 0.15) is 16.7 Å². The topological polar surface area (TPSA) is 35.2 Å². The van der Waals surface area contributed by atoms with Crippen LogP contribution in [0.5, 0.6) is 5.75 Å². The predicted octanol–water partition coefficient (Wildman–Crippen LogP) is 3.23. The van der Waals surface area contributed by atoms with Crippen molar-refractivity contribution in [2.45, 2.75) is 26.4 Å². The van der Waals surface area contributed by atoms with Gasteiger partial charge in [0.1, 0.15) is 11.9 Å². The highest BCUT2D eigenvalue weighted by atomic mass is 16.5. The lowest BCUT2D eigenvalue weighted by Crippen LogP contribution is -2.24. The fourth-order valence-corrected chi connectivity index (χ4v) is 2.72. The first-order chi connectivity index (χ1) is 9.20. The van der Waals surface area contributed by atoms with E-state index in [2.05, 4.69) is 50.2 Å². The Hall–Kier alpha value is -1.80. The fourth-order valence-electron chi connectivity index (χ4n) is 2.72. The molecule has 1 aliphatic heterocycles. The van der Waals surface area contributed by atoms with Gasteiger partial charge in [-0.25, -0.2) is 0 Å². The summed E-state index contributed by atoms with van der Waals surface area (Å²) in [5.41, 5.74) is 12.1. The van der Waals surface area contributed by atoms with E-state index < -0.39 is 0 Å². The molecule has 98 valence electrons. The van der Waals surface area contributed by atoms with Crippen LogP contribution in [0.2, 0.25) is 0 Å². The van der Waals surface area contributed by atoms with Crippen molar-refractivity contribution in [3.05, 3.63) is 53.1 Å². The van der Waals surface area contributed by atoms with E-state index >= 15 is 0 Å². The molecule has 2 aromatic rings. The Morgan fingerprint density at radius 3 is 2.63 bits per heavy atom. The van der Waals surface area contributed by atoms with Crippen molar-refractivity contribution >= 4 is 0 Å². The zero-order valence-electron chi connectivity index (χ0n) is 11.4. The Bertz CT molecular complexity index is 619. The summed E-state index contributed by atoms with van der Waals surface area (Å²) in [4.78, 5) is 0. The van der Waals surface area contributed by atoms with Gasteiger partial charge >= 0.3 is 0 Å². The lowest BCUT2D eigenvalue weighted by atomic mass is 9.95. The average Bonchev–Trinajstić information content (AvgIpc) is 2.85. The van der Waals surface area contributed by atoms with E-state index in [1.54, 1.807) is 0 Å². The van der Waals surface area contributed by atoms with E-state index in [0.717, 1.165) is 12.2 Å². The first kappa shape index (κ1) is 12.2. The molecule has 2 aromatic carbocycles. The summed E-state index contributed by atoms with van der Waals surface area (Å²) < 4.78 is 6.01. The summed E-state index contributed by atoms with van der Waals surface area (Å²) >= 11 is 0. The maximum atomic E-state index is 6.01. The van der Waals surface area contributed by atoms with Crippen LogP contribution in [0.15, 0.2) is 36.4 Å². The first-order valence-corrected chi connectivity index (χ1v) is 6.76. The monoisotopic (exact) mass is 253 g/mol. The zero-order chi connectivity index (χ0) is 13.4. The Kier molecular flexibility index (Phi) is 3.03. The van der Waals surface area contributed by atoms with Crippen LogP contribution in [0.4, 0.5) is 0 Å². The van der Waals surface area contributed by atoms with Gasteiger partial charge in [0.05, 0.1) is 0 Å². The summed E-state index contributed by atoms with van der Waals surface area (Å²) in [6, 6.07) is 12.8. The highest BCUT2D eigenvalue weighted by Gasteiger charge is 2.24. The number of rotatable bonds is 2. The number of para-hydroxylation sites is 1. The summed E-state index contributed by atoms with van der Waals surface area (Å²) in [7, 11) is 0. The number of benzene rings is 2. The van der Waals surface area contributed by atoms with E-state index in [0.29, 0.717) is 6.54 Å². The summed E-state index contributed by atoms with van der Waals surface area (Å²) in [6.07, 6.45) is 1.05. The zero-order valence-corrected chi connectivity index (χ0v) is 11.4. The quantitative estimate of drug-likeness (QED) is 0.891. The third kappa shape index (κ3) is 2.02. The smallest absolute Gasteiger partial charge is 0.130 e. The van der Waals surface area contributed by atoms with Crippen molar-refractivity contribution in [1.29, 1.82) is 0 Å². The van der Waals surface area contributed by atoms with Gasteiger partial charge in [-0.15, -0.1) is 0 Å². The second kappa shape index (κ2) is 4.71. The average molecular weight is 253 g/mol. The molecule has 2 nitrogen and oxygen atoms in total. The standard InChI is InChI=1S/C17H19NO/c1-11-5-3-7-15(12(11)2)16-8-4-6-13-9-14(10-18)19-17(13)16/h3-8,14H,9-10,18H2,1-2H3. The minimum absolute atomic E-state index is 0.126. The lowest BCUT2D eigenvalue weighted by molar-refractivity contribution is 0.242. The SMILES string of the molecule is Cc1cccc(-c2cccc3c2OC(CN)C3)c1C. The maximum absolute atomic E-state index is 6.01. The third-order valence-electron chi connectivity index (χ3n) is 3.99. The summed E-state index contributed by atoms with van der Waals surface area (Å²) in [6.45, 7) is 4.88. The largest absolute Gasteiger partial charge is 0.488 e. The number of ether oxygens (including phenoxy) is 1. The molecule has 0 spiro atoms. The van der Waals surface area contributed by atoms with E-state index in [4.69, 9.17) is 10.5 Å². The Balaban J connectivity index is 2.13. The molecule has 0 saturated carbocycles. The van der Waals surface area contributed by atoms with Gasteiger partial charge in [0, 0.05) is 18.5 Å². The number of nitrogens with two attached hydrogens (primary N) is 1. The maximum Gasteiger partial charge on any atom is 0.130 e. The molecule has 0 amide bonds. The van der Waals surface area contributed by atoms with Gasteiger partial charge < -0.3 is 10.5 Å².